The second kappa shape index (κ2) is 5.83. The van der Waals surface area contributed by atoms with Crippen molar-refractivity contribution in [2.75, 3.05) is 5.32 Å². The highest BCUT2D eigenvalue weighted by Crippen LogP contribution is 2.21. The molecule has 0 fully saturated rings. The molecule has 0 saturated heterocycles. The summed E-state index contributed by atoms with van der Waals surface area (Å²) in [4.78, 5) is 4.05. The van der Waals surface area contributed by atoms with Crippen molar-refractivity contribution in [3.05, 3.63) is 59.9 Å². The molecule has 0 bridgehead atoms. The molecule has 1 N–H and O–H groups in total. The molecule has 3 heteroatoms. The highest BCUT2D eigenvalue weighted by Gasteiger charge is 2.08. The Morgan fingerprint density at radius 2 is 2.00 bits per heavy atom. The van der Waals surface area contributed by atoms with E-state index in [1.165, 1.54) is 5.56 Å². The number of anilines is 1. The van der Waals surface area contributed by atoms with Crippen molar-refractivity contribution < 1.29 is 0 Å². The molecule has 2 aromatic rings. The molecule has 0 radical (unpaired) electrons. The van der Waals surface area contributed by atoms with Crippen molar-refractivity contribution in [2.24, 2.45) is 0 Å². The van der Waals surface area contributed by atoms with Crippen molar-refractivity contribution in [1.29, 1.82) is 5.26 Å². The number of hydrogen-bond donors (Lipinski definition) is 1. The summed E-state index contributed by atoms with van der Waals surface area (Å²) in [7, 11) is 0. The van der Waals surface area contributed by atoms with Crippen molar-refractivity contribution in [3.63, 3.8) is 0 Å². The van der Waals surface area contributed by atoms with Crippen LogP contribution in [0, 0.1) is 11.3 Å². The van der Waals surface area contributed by atoms with Gasteiger partial charge in [0, 0.05) is 0 Å². The average Bonchev–Trinajstić information content (AvgIpc) is 2.46. The van der Waals surface area contributed by atoms with E-state index >= 15 is 0 Å². The van der Waals surface area contributed by atoms with E-state index in [4.69, 9.17) is 5.26 Å². The third-order valence-corrected chi connectivity index (χ3v) is 2.83. The summed E-state index contributed by atoms with van der Waals surface area (Å²) in [5, 5.41) is 12.1. The van der Waals surface area contributed by atoms with Crippen LogP contribution in [-0.2, 0) is 0 Å². The van der Waals surface area contributed by atoms with Gasteiger partial charge < -0.3 is 5.32 Å². The minimum atomic E-state index is 0.265. The predicted molar refractivity (Wildman–Crippen MR) is 72.0 cm³/mol. The Kier molecular flexibility index (Phi) is 3.93. The molecule has 18 heavy (non-hydrogen) atoms. The fraction of sp³-hybridized carbons (Fsp3) is 0.200. The van der Waals surface area contributed by atoms with Crippen molar-refractivity contribution >= 4 is 5.69 Å². The van der Waals surface area contributed by atoms with Crippen LogP contribution in [0.2, 0.25) is 0 Å². The molecule has 1 aromatic carbocycles. The molecule has 3 nitrogen and oxygen atoms in total. The topological polar surface area (TPSA) is 48.7 Å². The third-order valence-electron chi connectivity index (χ3n) is 2.83. The van der Waals surface area contributed by atoms with Crippen LogP contribution >= 0.6 is 0 Å². The molecule has 0 aliphatic rings. The number of nitriles is 1. The zero-order valence-corrected chi connectivity index (χ0v) is 10.3. The molecular weight excluding hydrogens is 222 g/mol. The molecule has 0 saturated carbocycles. The van der Waals surface area contributed by atoms with Gasteiger partial charge in [0.15, 0.2) is 0 Å². The minimum Gasteiger partial charge on any atom is -0.377 e. The number of pyridine rings is 1. The smallest absolute Gasteiger partial charge is 0.140 e. The SMILES string of the molecule is CCC(Nc1ccc(C#N)nc1)c1ccccc1. The molecular formula is C15H15N3. The van der Waals surface area contributed by atoms with Gasteiger partial charge in [-0.05, 0) is 24.1 Å². The van der Waals surface area contributed by atoms with Gasteiger partial charge in [0.2, 0.25) is 0 Å². The predicted octanol–water partition coefficient (Wildman–Crippen LogP) is 3.52. The molecule has 2 rings (SSSR count). The second-order valence-corrected chi connectivity index (χ2v) is 4.06. The van der Waals surface area contributed by atoms with E-state index in [0.29, 0.717) is 5.69 Å². The lowest BCUT2D eigenvalue weighted by Gasteiger charge is -2.18. The molecule has 1 aromatic heterocycles. The third kappa shape index (κ3) is 2.86. The lowest BCUT2D eigenvalue weighted by molar-refractivity contribution is 0.748. The van der Waals surface area contributed by atoms with Gasteiger partial charge in [-0.2, -0.15) is 5.26 Å². The van der Waals surface area contributed by atoms with Crippen LogP contribution < -0.4 is 5.32 Å². The first kappa shape index (κ1) is 12.1. The summed E-state index contributed by atoms with van der Waals surface area (Å²) in [6.45, 7) is 2.14. The Morgan fingerprint density at radius 3 is 2.56 bits per heavy atom. The first-order valence-electron chi connectivity index (χ1n) is 6.01. The van der Waals surface area contributed by atoms with Crippen LogP contribution in [0.15, 0.2) is 48.7 Å². The van der Waals surface area contributed by atoms with E-state index in [0.717, 1.165) is 12.1 Å². The molecule has 0 amide bonds. The van der Waals surface area contributed by atoms with E-state index in [-0.39, 0.29) is 6.04 Å². The Labute approximate surface area is 107 Å². The maximum Gasteiger partial charge on any atom is 0.140 e. The standard InChI is InChI=1S/C15H15N3/c1-2-15(12-6-4-3-5-7-12)18-14-9-8-13(10-16)17-11-14/h3-9,11,15,18H,2H2,1H3. The van der Waals surface area contributed by atoms with Crippen molar-refractivity contribution in [1.82, 2.24) is 4.98 Å². The lowest BCUT2D eigenvalue weighted by atomic mass is 10.0. The maximum atomic E-state index is 8.70. The summed E-state index contributed by atoms with van der Waals surface area (Å²) >= 11 is 0. The number of nitrogens with zero attached hydrogens (tertiary/aromatic N) is 2. The van der Waals surface area contributed by atoms with Gasteiger partial charge in [-0.25, -0.2) is 4.98 Å². The summed E-state index contributed by atoms with van der Waals surface area (Å²) in [5.41, 5.74) is 2.63. The fourth-order valence-electron chi connectivity index (χ4n) is 1.85. The Morgan fingerprint density at radius 1 is 1.22 bits per heavy atom. The van der Waals surface area contributed by atoms with Crippen LogP contribution in [0.3, 0.4) is 0 Å². The number of nitrogens with one attached hydrogen (secondary N) is 1. The average molecular weight is 237 g/mol. The largest absolute Gasteiger partial charge is 0.377 e. The first-order chi connectivity index (χ1) is 8.83. The lowest BCUT2D eigenvalue weighted by Crippen LogP contribution is -2.09. The van der Waals surface area contributed by atoms with Crippen molar-refractivity contribution in [2.45, 2.75) is 19.4 Å². The van der Waals surface area contributed by atoms with E-state index in [1.807, 2.05) is 30.3 Å². The Hall–Kier alpha value is -2.34. The first-order valence-corrected chi connectivity index (χ1v) is 6.01. The van der Waals surface area contributed by atoms with Crippen LogP contribution in [-0.4, -0.2) is 4.98 Å². The molecule has 1 heterocycles. The van der Waals surface area contributed by atoms with Crippen LogP contribution in [0.4, 0.5) is 5.69 Å². The zero-order valence-electron chi connectivity index (χ0n) is 10.3. The van der Waals surface area contributed by atoms with Crippen LogP contribution in [0.5, 0.6) is 0 Å². The summed E-state index contributed by atoms with van der Waals surface area (Å²) < 4.78 is 0. The number of benzene rings is 1. The van der Waals surface area contributed by atoms with Crippen LogP contribution in [0.1, 0.15) is 30.6 Å². The van der Waals surface area contributed by atoms with Gasteiger partial charge in [0.25, 0.3) is 0 Å². The van der Waals surface area contributed by atoms with Crippen LogP contribution in [0.25, 0.3) is 0 Å². The van der Waals surface area contributed by atoms with E-state index in [1.54, 1.807) is 12.3 Å². The summed E-state index contributed by atoms with van der Waals surface area (Å²) in [5.74, 6) is 0. The zero-order chi connectivity index (χ0) is 12.8. The highest BCUT2D eigenvalue weighted by molar-refractivity contribution is 5.45. The van der Waals surface area contributed by atoms with E-state index in [2.05, 4.69) is 29.4 Å². The molecule has 0 spiro atoms. The van der Waals surface area contributed by atoms with Gasteiger partial charge in [0.1, 0.15) is 11.8 Å². The van der Waals surface area contributed by atoms with Gasteiger partial charge in [0.05, 0.1) is 17.9 Å². The highest BCUT2D eigenvalue weighted by atomic mass is 14.9. The number of rotatable bonds is 4. The number of hydrogen-bond acceptors (Lipinski definition) is 3. The Bertz CT molecular complexity index is 526. The van der Waals surface area contributed by atoms with Gasteiger partial charge in [-0.3, -0.25) is 0 Å². The summed E-state index contributed by atoms with van der Waals surface area (Å²) in [6, 6.07) is 16.2. The van der Waals surface area contributed by atoms with Gasteiger partial charge >= 0.3 is 0 Å². The molecule has 1 unspecified atom stereocenters. The second-order valence-electron chi connectivity index (χ2n) is 4.06. The van der Waals surface area contributed by atoms with E-state index in [9.17, 15) is 0 Å². The van der Waals surface area contributed by atoms with Gasteiger partial charge in [-0.1, -0.05) is 37.3 Å². The quantitative estimate of drug-likeness (QED) is 0.885. The fourth-order valence-corrected chi connectivity index (χ4v) is 1.85. The van der Waals surface area contributed by atoms with Gasteiger partial charge in [-0.15, -0.1) is 0 Å². The molecule has 1 atom stereocenters. The summed E-state index contributed by atoms with van der Waals surface area (Å²) in [6.07, 6.45) is 2.69. The molecule has 0 aliphatic heterocycles. The van der Waals surface area contributed by atoms with E-state index < -0.39 is 0 Å². The maximum absolute atomic E-state index is 8.70. The van der Waals surface area contributed by atoms with Crippen molar-refractivity contribution in [3.8, 4) is 6.07 Å². The molecule has 90 valence electrons. The molecule has 0 aliphatic carbocycles. The Balaban J connectivity index is 2.13. The number of aromatic nitrogens is 1. The monoisotopic (exact) mass is 237 g/mol. The minimum absolute atomic E-state index is 0.265. The normalized spacial score (nSPS) is 11.6.